The number of nitrogens with two attached hydrogens (primary N) is 1. The van der Waals surface area contributed by atoms with Crippen molar-refractivity contribution in [2.24, 2.45) is 5.73 Å². The van der Waals surface area contributed by atoms with Crippen molar-refractivity contribution in [1.82, 2.24) is 10.2 Å². The predicted molar refractivity (Wildman–Crippen MR) is 94.5 cm³/mol. The molecule has 1 unspecified atom stereocenters. The molecular formula is C15H33Cl2N3O. The molecule has 0 radical (unpaired) electrons. The molecule has 1 saturated heterocycles. The average Bonchev–Trinajstić information content (AvgIpc) is 2.45. The summed E-state index contributed by atoms with van der Waals surface area (Å²) in [4.78, 5) is 14.3. The molecule has 0 aliphatic carbocycles. The summed E-state index contributed by atoms with van der Waals surface area (Å²) in [6.07, 6.45) is 8.85. The van der Waals surface area contributed by atoms with E-state index < -0.39 is 0 Å². The van der Waals surface area contributed by atoms with Crippen molar-refractivity contribution in [3.05, 3.63) is 0 Å². The Balaban J connectivity index is 0. The topological polar surface area (TPSA) is 58.4 Å². The Morgan fingerprint density at radius 1 is 1.19 bits per heavy atom. The second-order valence-electron chi connectivity index (χ2n) is 5.54. The molecule has 1 aliphatic heterocycles. The molecule has 128 valence electrons. The van der Waals surface area contributed by atoms with E-state index in [-0.39, 0.29) is 30.7 Å². The molecule has 0 spiro atoms. The molecule has 0 saturated carbocycles. The van der Waals surface area contributed by atoms with Gasteiger partial charge in [0.15, 0.2) is 0 Å². The quantitative estimate of drug-likeness (QED) is 0.634. The first-order valence-electron chi connectivity index (χ1n) is 7.98. The van der Waals surface area contributed by atoms with E-state index in [4.69, 9.17) is 5.73 Å². The zero-order chi connectivity index (χ0) is 13.9. The second kappa shape index (κ2) is 14.9. The fourth-order valence-corrected chi connectivity index (χ4v) is 2.81. The van der Waals surface area contributed by atoms with E-state index in [0.29, 0.717) is 12.5 Å². The van der Waals surface area contributed by atoms with Crippen molar-refractivity contribution in [2.75, 3.05) is 26.2 Å². The Morgan fingerprint density at radius 2 is 1.90 bits per heavy atom. The van der Waals surface area contributed by atoms with Gasteiger partial charge >= 0.3 is 0 Å². The molecule has 0 bridgehead atoms. The van der Waals surface area contributed by atoms with Crippen LogP contribution in [0.15, 0.2) is 0 Å². The summed E-state index contributed by atoms with van der Waals surface area (Å²) in [6, 6.07) is 0.556. The maximum atomic E-state index is 11.8. The van der Waals surface area contributed by atoms with Gasteiger partial charge < -0.3 is 11.1 Å². The van der Waals surface area contributed by atoms with E-state index in [1.807, 2.05) is 0 Å². The van der Waals surface area contributed by atoms with Crippen LogP contribution in [-0.4, -0.2) is 43.0 Å². The van der Waals surface area contributed by atoms with Crippen LogP contribution in [0.1, 0.15) is 58.3 Å². The Kier molecular flexibility index (Phi) is 16.5. The van der Waals surface area contributed by atoms with Crippen LogP contribution in [0.25, 0.3) is 0 Å². The first-order valence-corrected chi connectivity index (χ1v) is 7.98. The molecule has 6 heteroatoms. The highest BCUT2D eigenvalue weighted by atomic mass is 35.5. The molecule has 1 atom stereocenters. The van der Waals surface area contributed by atoms with Crippen molar-refractivity contribution >= 4 is 30.7 Å². The summed E-state index contributed by atoms with van der Waals surface area (Å²) in [6.45, 7) is 6.09. The molecule has 21 heavy (non-hydrogen) atoms. The van der Waals surface area contributed by atoms with Crippen LogP contribution in [0.3, 0.4) is 0 Å². The first-order chi connectivity index (χ1) is 9.27. The molecule has 0 aromatic carbocycles. The predicted octanol–water partition coefficient (Wildman–Crippen LogP) is 2.73. The number of hydrogen-bond acceptors (Lipinski definition) is 3. The molecule has 1 aliphatic rings. The number of nitrogens with one attached hydrogen (secondary N) is 1. The number of hydrogen-bond donors (Lipinski definition) is 2. The van der Waals surface area contributed by atoms with E-state index >= 15 is 0 Å². The van der Waals surface area contributed by atoms with Crippen molar-refractivity contribution in [3.63, 3.8) is 0 Å². The lowest BCUT2D eigenvalue weighted by Gasteiger charge is -2.34. The second-order valence-corrected chi connectivity index (χ2v) is 5.54. The van der Waals surface area contributed by atoms with Crippen LogP contribution in [0.2, 0.25) is 0 Å². The maximum Gasteiger partial charge on any atom is 0.220 e. The smallest absolute Gasteiger partial charge is 0.220 e. The van der Waals surface area contributed by atoms with Gasteiger partial charge in [-0.05, 0) is 45.3 Å². The third-order valence-electron chi connectivity index (χ3n) is 4.05. The highest BCUT2D eigenvalue weighted by Crippen LogP contribution is 2.15. The molecule has 0 aromatic rings. The number of carbonyl (C=O) groups excluding carboxylic acids is 1. The summed E-state index contributed by atoms with van der Waals surface area (Å²) < 4.78 is 0. The molecule has 1 fully saturated rings. The van der Waals surface area contributed by atoms with Gasteiger partial charge in [-0.25, -0.2) is 0 Å². The Hall–Kier alpha value is -0.0300. The van der Waals surface area contributed by atoms with E-state index in [9.17, 15) is 4.79 Å². The average molecular weight is 342 g/mol. The Labute approximate surface area is 142 Å². The van der Waals surface area contributed by atoms with Crippen LogP contribution in [0.4, 0.5) is 0 Å². The minimum absolute atomic E-state index is 0. The van der Waals surface area contributed by atoms with Gasteiger partial charge in [0.05, 0.1) is 0 Å². The van der Waals surface area contributed by atoms with Crippen LogP contribution in [0.5, 0.6) is 0 Å². The van der Waals surface area contributed by atoms with Gasteiger partial charge in [0, 0.05) is 19.0 Å². The van der Waals surface area contributed by atoms with E-state index in [2.05, 4.69) is 17.1 Å². The van der Waals surface area contributed by atoms with Gasteiger partial charge in [-0.15, -0.1) is 24.8 Å². The number of amides is 1. The zero-order valence-corrected chi connectivity index (χ0v) is 14.9. The van der Waals surface area contributed by atoms with E-state index in [1.165, 1.54) is 25.8 Å². The summed E-state index contributed by atoms with van der Waals surface area (Å²) in [5, 5.41) is 3.10. The molecular weight excluding hydrogens is 309 g/mol. The number of piperidine rings is 1. The summed E-state index contributed by atoms with van der Waals surface area (Å²) in [5.74, 6) is 0.217. The Morgan fingerprint density at radius 3 is 2.57 bits per heavy atom. The van der Waals surface area contributed by atoms with Gasteiger partial charge in [0.2, 0.25) is 5.91 Å². The molecule has 1 amide bonds. The van der Waals surface area contributed by atoms with Crippen LogP contribution in [-0.2, 0) is 4.79 Å². The highest BCUT2D eigenvalue weighted by molar-refractivity contribution is 5.85. The van der Waals surface area contributed by atoms with Gasteiger partial charge in [-0.1, -0.05) is 26.2 Å². The number of halogens is 2. The Bertz CT molecular complexity index is 255. The van der Waals surface area contributed by atoms with Gasteiger partial charge in [0.25, 0.3) is 0 Å². The lowest BCUT2D eigenvalue weighted by molar-refractivity contribution is -0.121. The van der Waals surface area contributed by atoms with Crippen molar-refractivity contribution in [3.8, 4) is 0 Å². The summed E-state index contributed by atoms with van der Waals surface area (Å²) in [7, 11) is 0. The largest absolute Gasteiger partial charge is 0.355 e. The van der Waals surface area contributed by atoms with Crippen molar-refractivity contribution in [2.45, 2.75) is 64.3 Å². The van der Waals surface area contributed by atoms with Crippen LogP contribution >= 0.6 is 24.8 Å². The molecule has 1 heterocycles. The SMILES string of the molecule is CCN1CCCCC1CNC(=O)CCCCCCN.Cl.Cl. The number of nitrogens with zero attached hydrogens (tertiary/aromatic N) is 1. The summed E-state index contributed by atoms with van der Waals surface area (Å²) in [5.41, 5.74) is 5.44. The monoisotopic (exact) mass is 341 g/mol. The lowest BCUT2D eigenvalue weighted by atomic mass is 10.0. The normalized spacial score (nSPS) is 18.5. The van der Waals surface area contributed by atoms with Crippen molar-refractivity contribution < 1.29 is 4.79 Å². The maximum absolute atomic E-state index is 11.8. The van der Waals surface area contributed by atoms with Crippen LogP contribution in [0, 0.1) is 0 Å². The third kappa shape index (κ3) is 10.3. The van der Waals surface area contributed by atoms with E-state index in [1.54, 1.807) is 0 Å². The third-order valence-corrected chi connectivity index (χ3v) is 4.05. The fourth-order valence-electron chi connectivity index (χ4n) is 2.81. The number of rotatable bonds is 9. The van der Waals surface area contributed by atoms with Crippen molar-refractivity contribution in [1.29, 1.82) is 0 Å². The minimum Gasteiger partial charge on any atom is -0.355 e. The number of likely N-dealkylation sites (N-methyl/N-ethyl adjacent to an activating group) is 1. The van der Waals surface area contributed by atoms with E-state index in [0.717, 1.165) is 45.3 Å². The summed E-state index contributed by atoms with van der Waals surface area (Å²) >= 11 is 0. The van der Waals surface area contributed by atoms with Gasteiger partial charge in [0.1, 0.15) is 0 Å². The molecule has 0 aromatic heterocycles. The standard InChI is InChI=1S/C15H31N3O.2ClH/c1-2-18-12-8-6-9-14(18)13-17-15(19)10-5-3-4-7-11-16;;/h14H,2-13,16H2,1H3,(H,17,19);2*1H. The molecule has 1 rings (SSSR count). The van der Waals surface area contributed by atoms with Crippen LogP contribution < -0.4 is 11.1 Å². The number of carbonyl (C=O) groups is 1. The minimum atomic E-state index is 0. The molecule has 4 nitrogen and oxygen atoms in total. The number of unbranched alkanes of at least 4 members (excludes halogenated alkanes) is 3. The van der Waals surface area contributed by atoms with Gasteiger partial charge in [-0.2, -0.15) is 0 Å². The lowest BCUT2D eigenvalue weighted by Crippen LogP contribution is -2.46. The van der Waals surface area contributed by atoms with Gasteiger partial charge in [-0.3, -0.25) is 9.69 Å². The first kappa shape index (κ1) is 23.2. The highest BCUT2D eigenvalue weighted by Gasteiger charge is 2.20. The zero-order valence-electron chi connectivity index (χ0n) is 13.3. The number of likely N-dealkylation sites (tertiary alicyclic amines) is 1. The fraction of sp³-hybridized carbons (Fsp3) is 0.933. The molecule has 3 N–H and O–H groups in total.